The number of fused-ring (bicyclic) bond motifs is 1. The molecule has 0 spiro atoms. The minimum atomic E-state index is -3.42. The fourth-order valence-electron chi connectivity index (χ4n) is 3.54. The van der Waals surface area contributed by atoms with Gasteiger partial charge in [-0.3, -0.25) is 14.1 Å². The number of amides is 1. The van der Waals surface area contributed by atoms with E-state index in [2.05, 4.69) is 4.98 Å². The molecule has 26 heavy (non-hydrogen) atoms. The van der Waals surface area contributed by atoms with E-state index in [0.29, 0.717) is 19.4 Å². The van der Waals surface area contributed by atoms with E-state index in [1.54, 1.807) is 17.3 Å². The molecule has 2 aromatic rings. The van der Waals surface area contributed by atoms with Crippen molar-refractivity contribution >= 4 is 21.6 Å². The quantitative estimate of drug-likeness (QED) is 0.801. The molecule has 0 unspecified atom stereocenters. The molecule has 0 aliphatic carbocycles. The van der Waals surface area contributed by atoms with Crippen LogP contribution in [0.1, 0.15) is 17.5 Å². The summed E-state index contributed by atoms with van der Waals surface area (Å²) in [4.78, 5) is 17.9. The van der Waals surface area contributed by atoms with Crippen LogP contribution in [-0.2, 0) is 27.7 Å². The molecule has 0 bridgehead atoms. The lowest BCUT2D eigenvalue weighted by molar-refractivity contribution is -0.134. The molecule has 1 saturated heterocycles. The molecular formula is C19H21N3O3S. The number of rotatable bonds is 5. The molecule has 2 aliphatic heterocycles. The third-order valence-electron chi connectivity index (χ3n) is 5.15. The number of hydrogen-bond donors (Lipinski definition) is 0. The van der Waals surface area contributed by atoms with Crippen LogP contribution in [0.25, 0.3) is 0 Å². The van der Waals surface area contributed by atoms with Crippen LogP contribution in [0, 0.1) is 0 Å². The average molecular weight is 371 g/mol. The lowest BCUT2D eigenvalue weighted by Crippen LogP contribution is -2.59. The number of likely N-dealkylation sites (tertiary alicyclic amines) is 1. The number of benzene rings is 1. The van der Waals surface area contributed by atoms with Crippen molar-refractivity contribution in [1.29, 1.82) is 0 Å². The van der Waals surface area contributed by atoms with E-state index in [0.717, 1.165) is 23.2 Å². The van der Waals surface area contributed by atoms with E-state index >= 15 is 0 Å². The molecule has 3 heterocycles. The number of carbonyl (C=O) groups is 1. The fraction of sp³-hybridized carbons (Fsp3) is 0.368. The van der Waals surface area contributed by atoms with Crippen LogP contribution >= 0.6 is 0 Å². The van der Waals surface area contributed by atoms with Crippen LogP contribution in [-0.4, -0.2) is 49.1 Å². The van der Waals surface area contributed by atoms with Gasteiger partial charge in [0.25, 0.3) is 0 Å². The summed E-state index contributed by atoms with van der Waals surface area (Å²) >= 11 is 0. The Bertz CT molecular complexity index is 909. The monoisotopic (exact) mass is 371 g/mol. The molecule has 1 fully saturated rings. The number of anilines is 1. The van der Waals surface area contributed by atoms with Crippen LogP contribution < -0.4 is 4.31 Å². The second-order valence-electron chi connectivity index (χ2n) is 6.77. The number of hydrogen-bond acceptors (Lipinski definition) is 4. The van der Waals surface area contributed by atoms with Crippen LogP contribution in [0.3, 0.4) is 0 Å². The summed E-state index contributed by atoms with van der Waals surface area (Å²) in [5.41, 5.74) is 2.92. The summed E-state index contributed by atoms with van der Waals surface area (Å²) in [6.07, 6.45) is 5.20. The Kier molecular flexibility index (Phi) is 4.40. The molecule has 6 nitrogen and oxygen atoms in total. The highest BCUT2D eigenvalue weighted by atomic mass is 32.2. The number of sulfonamides is 1. The van der Waals surface area contributed by atoms with Crippen LogP contribution in [0.4, 0.5) is 5.69 Å². The van der Waals surface area contributed by atoms with Crippen LogP contribution in [0.5, 0.6) is 0 Å². The van der Waals surface area contributed by atoms with Gasteiger partial charge in [0.1, 0.15) is 5.25 Å². The van der Waals surface area contributed by atoms with Crippen molar-refractivity contribution in [2.75, 3.05) is 23.9 Å². The second-order valence-corrected chi connectivity index (χ2v) is 8.91. The number of aryl methyl sites for hydroxylation is 1. The maximum absolute atomic E-state index is 12.9. The number of para-hydroxylation sites is 1. The zero-order chi connectivity index (χ0) is 18.1. The zero-order valence-electron chi connectivity index (χ0n) is 14.4. The smallest absolute Gasteiger partial charge is 0.241 e. The highest BCUT2D eigenvalue weighted by Crippen LogP contribution is 2.33. The first-order valence-corrected chi connectivity index (χ1v) is 10.3. The summed E-state index contributed by atoms with van der Waals surface area (Å²) in [7, 11) is -3.42. The maximum atomic E-state index is 12.9. The van der Waals surface area contributed by atoms with Crippen molar-refractivity contribution in [3.05, 3.63) is 59.9 Å². The van der Waals surface area contributed by atoms with Crippen LogP contribution in [0.2, 0.25) is 0 Å². The zero-order valence-corrected chi connectivity index (χ0v) is 15.2. The predicted molar refractivity (Wildman–Crippen MR) is 99.3 cm³/mol. The van der Waals surface area contributed by atoms with E-state index in [4.69, 9.17) is 0 Å². The van der Waals surface area contributed by atoms with Gasteiger partial charge in [-0.1, -0.05) is 18.2 Å². The van der Waals surface area contributed by atoms with Gasteiger partial charge in [-0.15, -0.1) is 0 Å². The first-order chi connectivity index (χ1) is 12.6. The van der Waals surface area contributed by atoms with E-state index < -0.39 is 15.3 Å². The Balaban J connectivity index is 1.35. The summed E-state index contributed by atoms with van der Waals surface area (Å²) in [5.74, 6) is 0.00934. The van der Waals surface area contributed by atoms with Gasteiger partial charge in [0.15, 0.2) is 0 Å². The highest BCUT2D eigenvalue weighted by Gasteiger charge is 2.44. The van der Waals surface area contributed by atoms with Gasteiger partial charge in [-0.2, -0.15) is 0 Å². The molecule has 4 rings (SSSR count). The standard InChI is InChI=1S/C19H21N3O3S/c23-19(6-5-15-7-10-20-11-8-15)21-13-17(14-21)26(24,25)22-12-9-16-3-1-2-4-18(16)22/h1-4,7-8,10-11,17H,5-6,9,12-14H2. The van der Waals surface area contributed by atoms with Gasteiger partial charge in [-0.25, -0.2) is 8.42 Å². The van der Waals surface area contributed by atoms with Crippen molar-refractivity contribution in [3.8, 4) is 0 Å². The minimum Gasteiger partial charge on any atom is -0.340 e. The topological polar surface area (TPSA) is 70.6 Å². The molecular weight excluding hydrogens is 350 g/mol. The fourth-order valence-corrected chi connectivity index (χ4v) is 5.44. The number of nitrogens with zero attached hydrogens (tertiary/aromatic N) is 3. The lowest BCUT2D eigenvalue weighted by atomic mass is 10.1. The minimum absolute atomic E-state index is 0.00934. The third-order valence-corrected chi connectivity index (χ3v) is 7.28. The lowest BCUT2D eigenvalue weighted by Gasteiger charge is -2.40. The van der Waals surface area contributed by atoms with E-state index in [1.165, 1.54) is 4.31 Å². The van der Waals surface area contributed by atoms with E-state index in [1.807, 2.05) is 36.4 Å². The molecule has 1 amide bonds. The molecule has 1 aromatic heterocycles. The molecule has 0 N–H and O–H groups in total. The van der Waals surface area contributed by atoms with E-state index in [-0.39, 0.29) is 19.0 Å². The van der Waals surface area contributed by atoms with E-state index in [9.17, 15) is 13.2 Å². The summed E-state index contributed by atoms with van der Waals surface area (Å²) in [6, 6.07) is 11.4. The molecule has 136 valence electrons. The molecule has 0 saturated carbocycles. The molecule has 0 atom stereocenters. The van der Waals surface area contributed by atoms with Gasteiger partial charge < -0.3 is 4.90 Å². The summed E-state index contributed by atoms with van der Waals surface area (Å²) in [6.45, 7) is 1.07. The Labute approximate surface area is 153 Å². The van der Waals surface area contributed by atoms with Gasteiger partial charge in [-0.05, 0) is 42.2 Å². The number of aromatic nitrogens is 1. The average Bonchev–Trinajstić information content (AvgIpc) is 3.04. The molecule has 2 aliphatic rings. The first-order valence-electron chi connectivity index (χ1n) is 8.82. The van der Waals surface area contributed by atoms with Crippen molar-refractivity contribution in [2.24, 2.45) is 0 Å². The van der Waals surface area contributed by atoms with Crippen molar-refractivity contribution in [3.63, 3.8) is 0 Å². The first kappa shape index (κ1) is 17.0. The van der Waals surface area contributed by atoms with Gasteiger partial charge in [0.05, 0.1) is 5.69 Å². The summed E-state index contributed by atoms with van der Waals surface area (Å²) < 4.78 is 27.3. The predicted octanol–water partition coefficient (Wildman–Crippen LogP) is 1.62. The Morgan fingerprint density at radius 1 is 1.12 bits per heavy atom. The highest BCUT2D eigenvalue weighted by molar-refractivity contribution is 7.93. The maximum Gasteiger partial charge on any atom is 0.241 e. The Morgan fingerprint density at radius 3 is 2.62 bits per heavy atom. The largest absolute Gasteiger partial charge is 0.340 e. The van der Waals surface area contributed by atoms with Gasteiger partial charge in [0, 0.05) is 38.4 Å². The second kappa shape index (κ2) is 6.72. The van der Waals surface area contributed by atoms with Gasteiger partial charge >= 0.3 is 0 Å². The van der Waals surface area contributed by atoms with Crippen molar-refractivity contribution in [2.45, 2.75) is 24.5 Å². The molecule has 0 radical (unpaired) electrons. The number of carbonyl (C=O) groups excluding carboxylic acids is 1. The van der Waals surface area contributed by atoms with Crippen molar-refractivity contribution in [1.82, 2.24) is 9.88 Å². The van der Waals surface area contributed by atoms with Crippen molar-refractivity contribution < 1.29 is 13.2 Å². The molecule has 1 aromatic carbocycles. The van der Waals surface area contributed by atoms with Crippen LogP contribution in [0.15, 0.2) is 48.8 Å². The molecule has 7 heteroatoms. The SMILES string of the molecule is O=C(CCc1ccncc1)N1CC(S(=O)(=O)N2CCc3ccccc32)C1. The summed E-state index contributed by atoms with van der Waals surface area (Å²) in [5, 5.41) is -0.501. The van der Waals surface area contributed by atoms with Gasteiger partial charge in [0.2, 0.25) is 15.9 Å². The normalized spacial score (nSPS) is 17.1. The number of pyridine rings is 1. The Morgan fingerprint density at radius 2 is 1.85 bits per heavy atom. The Hall–Kier alpha value is -2.41. The third kappa shape index (κ3) is 3.07.